The van der Waals surface area contributed by atoms with Crippen molar-refractivity contribution in [2.24, 2.45) is 0 Å². The molecule has 0 aromatic heterocycles. The molecule has 0 unspecified atom stereocenters. The van der Waals surface area contributed by atoms with Gasteiger partial charge in [0.25, 0.3) is 11.8 Å². The lowest BCUT2D eigenvalue weighted by molar-refractivity contribution is -0.0167. The molecule has 0 aliphatic carbocycles. The van der Waals surface area contributed by atoms with Crippen LogP contribution in [0.5, 0.6) is 0 Å². The number of carbonyl (C=O) groups excluding carboxylic acids is 2. The summed E-state index contributed by atoms with van der Waals surface area (Å²) in [4.78, 5) is 26.2. The lowest BCUT2D eigenvalue weighted by atomic mass is 10.0. The Morgan fingerprint density at radius 3 is 1.78 bits per heavy atom. The Morgan fingerprint density at radius 1 is 0.815 bits per heavy atom. The lowest BCUT2D eigenvalue weighted by Gasteiger charge is -2.39. The van der Waals surface area contributed by atoms with E-state index in [9.17, 15) is 14.9 Å². The van der Waals surface area contributed by atoms with Gasteiger partial charge in [0.15, 0.2) is 0 Å². The molecule has 0 N–H and O–H groups in total. The minimum atomic E-state index is -0.773. The van der Waals surface area contributed by atoms with Crippen molar-refractivity contribution in [3.05, 3.63) is 70.3 Å². The molecule has 5 nitrogen and oxygen atoms in total. The van der Waals surface area contributed by atoms with E-state index in [1.807, 2.05) is 33.0 Å². The molecule has 140 valence electrons. The predicted molar refractivity (Wildman–Crippen MR) is 105 cm³/mol. The summed E-state index contributed by atoms with van der Waals surface area (Å²) in [5.74, 6) is -0.929. The highest BCUT2D eigenvalue weighted by Crippen LogP contribution is 2.23. The van der Waals surface area contributed by atoms with E-state index in [2.05, 4.69) is 0 Å². The van der Waals surface area contributed by atoms with Crippen LogP contribution in [0.25, 0.3) is 0 Å². The fraction of sp³-hybridized carbons (Fsp3) is 0.318. The van der Waals surface area contributed by atoms with Crippen LogP contribution in [0.2, 0.25) is 0 Å². The standard InChI is InChI=1S/C22H25N3O2/c1-15-7-9-18(10-8-15)20(26)24(14-23)25(22(4,5)6)21(27)19-12-16(2)11-17(3)13-19/h7-13H,1-6H3. The molecule has 0 radical (unpaired) electrons. The van der Waals surface area contributed by atoms with Crippen molar-refractivity contribution in [2.45, 2.75) is 47.1 Å². The summed E-state index contributed by atoms with van der Waals surface area (Å²) < 4.78 is 0. The van der Waals surface area contributed by atoms with E-state index < -0.39 is 17.4 Å². The molecule has 0 heterocycles. The first-order chi connectivity index (χ1) is 12.5. The quantitative estimate of drug-likeness (QED) is 0.451. The predicted octanol–water partition coefficient (Wildman–Crippen LogP) is 4.39. The van der Waals surface area contributed by atoms with Gasteiger partial charge in [-0.2, -0.15) is 5.26 Å². The van der Waals surface area contributed by atoms with Gasteiger partial charge < -0.3 is 0 Å². The molecule has 0 spiro atoms. The number of rotatable bonds is 2. The average molecular weight is 363 g/mol. The van der Waals surface area contributed by atoms with Gasteiger partial charge in [-0.15, -0.1) is 5.01 Å². The molecule has 2 rings (SSSR count). The third-order valence-electron chi connectivity index (χ3n) is 4.08. The van der Waals surface area contributed by atoms with Crippen molar-refractivity contribution in [3.63, 3.8) is 0 Å². The van der Waals surface area contributed by atoms with Crippen molar-refractivity contribution in [3.8, 4) is 6.19 Å². The molecule has 0 saturated carbocycles. The van der Waals surface area contributed by atoms with Crippen LogP contribution >= 0.6 is 0 Å². The number of amides is 2. The lowest BCUT2D eigenvalue weighted by Crippen LogP contribution is -2.56. The summed E-state index contributed by atoms with van der Waals surface area (Å²) in [7, 11) is 0. The monoisotopic (exact) mass is 363 g/mol. The maximum absolute atomic E-state index is 13.3. The summed E-state index contributed by atoms with van der Waals surface area (Å²) in [6.45, 7) is 11.1. The van der Waals surface area contributed by atoms with E-state index in [-0.39, 0.29) is 0 Å². The fourth-order valence-corrected chi connectivity index (χ4v) is 2.92. The normalized spacial score (nSPS) is 10.9. The largest absolute Gasteiger partial charge is 0.286 e. The third kappa shape index (κ3) is 4.53. The van der Waals surface area contributed by atoms with E-state index in [1.165, 1.54) is 5.01 Å². The molecule has 27 heavy (non-hydrogen) atoms. The topological polar surface area (TPSA) is 64.4 Å². The number of nitrogens with zero attached hydrogens (tertiary/aromatic N) is 3. The molecule has 2 amide bonds. The second kappa shape index (κ2) is 7.63. The first-order valence-corrected chi connectivity index (χ1v) is 8.78. The maximum atomic E-state index is 13.3. The molecule has 0 saturated heterocycles. The Labute approximate surface area is 160 Å². The molecule has 0 bridgehead atoms. The minimum absolute atomic E-state index is 0.352. The van der Waals surface area contributed by atoms with Gasteiger partial charge in [0.2, 0.25) is 6.19 Å². The molecule has 0 atom stereocenters. The third-order valence-corrected chi connectivity index (χ3v) is 4.08. The van der Waals surface area contributed by atoms with E-state index in [1.54, 1.807) is 57.2 Å². The van der Waals surface area contributed by atoms with Crippen LogP contribution < -0.4 is 0 Å². The zero-order valence-corrected chi connectivity index (χ0v) is 16.7. The number of carbonyl (C=O) groups is 2. The van der Waals surface area contributed by atoms with Crippen LogP contribution in [-0.4, -0.2) is 27.4 Å². The Balaban J connectivity index is 2.50. The zero-order chi connectivity index (χ0) is 20.4. The average Bonchev–Trinajstić information content (AvgIpc) is 2.57. The summed E-state index contributed by atoms with van der Waals surface area (Å²) in [5.41, 5.74) is 2.92. The Morgan fingerprint density at radius 2 is 1.33 bits per heavy atom. The first kappa shape index (κ1) is 20.2. The van der Waals surface area contributed by atoms with Crippen LogP contribution in [0.4, 0.5) is 0 Å². The second-order valence-corrected chi connectivity index (χ2v) is 7.75. The van der Waals surface area contributed by atoms with Gasteiger partial charge in [0.1, 0.15) is 0 Å². The van der Waals surface area contributed by atoms with E-state index >= 15 is 0 Å². The van der Waals surface area contributed by atoms with E-state index in [0.717, 1.165) is 21.7 Å². The Bertz CT molecular complexity index is 882. The molecule has 0 aliphatic rings. The summed E-state index contributed by atoms with van der Waals surface area (Å²) in [6.07, 6.45) is 1.89. The molecule has 5 heteroatoms. The van der Waals surface area contributed by atoms with Gasteiger partial charge in [-0.05, 0) is 65.8 Å². The smallest absolute Gasteiger partial charge is 0.267 e. The van der Waals surface area contributed by atoms with Crippen LogP contribution in [0, 0.1) is 32.2 Å². The molecular formula is C22H25N3O2. The summed E-state index contributed by atoms with van der Waals surface area (Å²) >= 11 is 0. The van der Waals surface area contributed by atoms with Crippen molar-refractivity contribution >= 4 is 11.8 Å². The van der Waals surface area contributed by atoms with Crippen molar-refractivity contribution < 1.29 is 9.59 Å². The number of nitriles is 1. The van der Waals surface area contributed by atoms with Gasteiger partial charge in [-0.1, -0.05) is 34.9 Å². The minimum Gasteiger partial charge on any atom is -0.267 e. The number of aryl methyl sites for hydroxylation is 3. The number of hydrazine groups is 1. The van der Waals surface area contributed by atoms with Gasteiger partial charge >= 0.3 is 0 Å². The highest BCUT2D eigenvalue weighted by molar-refractivity contribution is 6.00. The highest BCUT2D eigenvalue weighted by atomic mass is 16.2. The molecular weight excluding hydrogens is 338 g/mol. The highest BCUT2D eigenvalue weighted by Gasteiger charge is 2.36. The maximum Gasteiger partial charge on any atom is 0.286 e. The molecule has 0 aliphatic heterocycles. The first-order valence-electron chi connectivity index (χ1n) is 8.78. The summed E-state index contributed by atoms with van der Waals surface area (Å²) in [6, 6.07) is 12.4. The van der Waals surface area contributed by atoms with Gasteiger partial charge in [-0.25, -0.2) is 5.01 Å². The SMILES string of the molecule is Cc1ccc(C(=O)N(C#N)N(C(=O)c2cc(C)cc(C)c2)C(C)(C)C)cc1. The van der Waals surface area contributed by atoms with Gasteiger partial charge in [-0.3, -0.25) is 9.59 Å². The van der Waals surface area contributed by atoms with Gasteiger partial charge in [0.05, 0.1) is 5.54 Å². The number of benzene rings is 2. The Kier molecular flexibility index (Phi) is 5.70. The van der Waals surface area contributed by atoms with Crippen molar-refractivity contribution in [2.75, 3.05) is 0 Å². The second-order valence-electron chi connectivity index (χ2n) is 7.75. The summed E-state index contributed by atoms with van der Waals surface area (Å²) in [5, 5.41) is 11.8. The van der Waals surface area contributed by atoms with Crippen LogP contribution in [0.1, 0.15) is 58.2 Å². The Hall–Kier alpha value is -3.13. The van der Waals surface area contributed by atoms with Crippen LogP contribution in [0.3, 0.4) is 0 Å². The van der Waals surface area contributed by atoms with Crippen molar-refractivity contribution in [1.82, 2.24) is 10.0 Å². The van der Waals surface area contributed by atoms with Crippen LogP contribution in [-0.2, 0) is 0 Å². The molecule has 2 aromatic carbocycles. The molecule has 0 fully saturated rings. The van der Waals surface area contributed by atoms with Crippen LogP contribution in [0.15, 0.2) is 42.5 Å². The zero-order valence-electron chi connectivity index (χ0n) is 16.7. The van der Waals surface area contributed by atoms with E-state index in [0.29, 0.717) is 11.1 Å². The van der Waals surface area contributed by atoms with E-state index in [4.69, 9.17) is 0 Å². The number of hydrogen-bond donors (Lipinski definition) is 0. The van der Waals surface area contributed by atoms with Gasteiger partial charge in [0, 0.05) is 11.1 Å². The van der Waals surface area contributed by atoms with Crippen molar-refractivity contribution in [1.29, 1.82) is 5.26 Å². The fourth-order valence-electron chi connectivity index (χ4n) is 2.92. The molecule has 2 aromatic rings. The number of hydrogen-bond acceptors (Lipinski definition) is 3.